The molecule has 0 spiro atoms. The quantitative estimate of drug-likeness (QED) is 0.546. The van der Waals surface area contributed by atoms with E-state index in [1.807, 2.05) is 30.5 Å². The molecule has 2 N–H and O–H groups in total. The van der Waals surface area contributed by atoms with E-state index in [2.05, 4.69) is 28.6 Å². The first-order chi connectivity index (χ1) is 14.2. The average Bonchev–Trinajstić information content (AvgIpc) is 2.75. The zero-order valence-electron chi connectivity index (χ0n) is 16.8. The number of anilines is 2. The minimum Gasteiger partial charge on any atom is -0.367 e. The van der Waals surface area contributed by atoms with Gasteiger partial charge in [0, 0.05) is 24.3 Å². The molecule has 0 saturated heterocycles. The monoisotopic (exact) mass is 390 g/mol. The molecule has 1 aliphatic carbocycles. The van der Waals surface area contributed by atoms with E-state index in [4.69, 9.17) is 4.98 Å². The summed E-state index contributed by atoms with van der Waals surface area (Å²) < 4.78 is 13.4. The number of pyridine rings is 2. The molecule has 0 amide bonds. The summed E-state index contributed by atoms with van der Waals surface area (Å²) in [5.41, 5.74) is 3.96. The van der Waals surface area contributed by atoms with Gasteiger partial charge < -0.3 is 10.6 Å². The number of aromatic nitrogens is 2. The Kier molecular flexibility index (Phi) is 6.03. The number of hydrogen-bond acceptors (Lipinski definition) is 4. The van der Waals surface area contributed by atoms with Crippen molar-refractivity contribution in [2.75, 3.05) is 10.6 Å². The van der Waals surface area contributed by atoms with Gasteiger partial charge in [0.05, 0.1) is 5.69 Å². The molecule has 3 aromatic rings. The summed E-state index contributed by atoms with van der Waals surface area (Å²) in [6.45, 7) is 2.58. The molecule has 1 saturated carbocycles. The van der Waals surface area contributed by atoms with Crippen LogP contribution in [-0.4, -0.2) is 16.0 Å². The highest BCUT2D eigenvalue weighted by molar-refractivity contribution is 5.68. The Balaban J connectivity index is 1.50. The highest BCUT2D eigenvalue weighted by Gasteiger charge is 2.14. The second-order valence-corrected chi connectivity index (χ2v) is 7.76. The minimum absolute atomic E-state index is 0.226. The Bertz CT molecular complexity index is 967. The Morgan fingerprint density at radius 2 is 1.83 bits per heavy atom. The molecule has 2 aromatic heterocycles. The number of nitrogens with zero attached hydrogens (tertiary/aromatic N) is 2. The van der Waals surface area contributed by atoms with Gasteiger partial charge >= 0.3 is 0 Å². The van der Waals surface area contributed by atoms with E-state index in [1.54, 1.807) is 6.07 Å². The van der Waals surface area contributed by atoms with Crippen LogP contribution >= 0.6 is 0 Å². The van der Waals surface area contributed by atoms with Gasteiger partial charge in [-0.15, -0.1) is 0 Å². The van der Waals surface area contributed by atoms with E-state index in [-0.39, 0.29) is 5.82 Å². The Hall–Kier alpha value is -2.95. The van der Waals surface area contributed by atoms with Gasteiger partial charge in [-0.1, -0.05) is 37.5 Å². The normalized spacial score (nSPS) is 14.6. The van der Waals surface area contributed by atoms with Crippen LogP contribution in [-0.2, 0) is 6.54 Å². The van der Waals surface area contributed by atoms with Crippen LogP contribution in [0.5, 0.6) is 0 Å². The molecule has 0 aliphatic heterocycles. The Morgan fingerprint density at radius 3 is 2.66 bits per heavy atom. The maximum absolute atomic E-state index is 13.4. The van der Waals surface area contributed by atoms with Crippen molar-refractivity contribution in [2.45, 2.75) is 51.6 Å². The molecule has 1 aliphatic rings. The van der Waals surface area contributed by atoms with Crippen LogP contribution in [0.3, 0.4) is 0 Å². The third-order valence-electron chi connectivity index (χ3n) is 5.45. The molecule has 2 heterocycles. The molecule has 4 rings (SSSR count). The van der Waals surface area contributed by atoms with Crippen molar-refractivity contribution in [3.8, 4) is 11.3 Å². The fourth-order valence-corrected chi connectivity index (χ4v) is 3.86. The van der Waals surface area contributed by atoms with Crippen molar-refractivity contribution in [2.24, 2.45) is 0 Å². The molecule has 0 radical (unpaired) electrons. The van der Waals surface area contributed by atoms with Crippen molar-refractivity contribution >= 4 is 11.6 Å². The molecule has 4 nitrogen and oxygen atoms in total. The van der Waals surface area contributed by atoms with Crippen LogP contribution in [0.25, 0.3) is 11.3 Å². The van der Waals surface area contributed by atoms with Gasteiger partial charge in [-0.05, 0) is 61.2 Å². The average molecular weight is 391 g/mol. The third-order valence-corrected chi connectivity index (χ3v) is 5.45. The molecule has 29 heavy (non-hydrogen) atoms. The van der Waals surface area contributed by atoms with Crippen LogP contribution in [0, 0.1) is 12.7 Å². The first kappa shape index (κ1) is 19.4. The van der Waals surface area contributed by atoms with Crippen molar-refractivity contribution in [3.05, 3.63) is 71.7 Å². The van der Waals surface area contributed by atoms with Crippen molar-refractivity contribution < 1.29 is 4.39 Å². The summed E-state index contributed by atoms with van der Waals surface area (Å²) in [6.07, 6.45) is 8.25. The lowest BCUT2D eigenvalue weighted by atomic mass is 9.95. The van der Waals surface area contributed by atoms with E-state index in [1.165, 1.54) is 44.2 Å². The van der Waals surface area contributed by atoms with Crippen LogP contribution < -0.4 is 10.6 Å². The third kappa shape index (κ3) is 5.11. The second kappa shape index (κ2) is 9.03. The molecule has 0 unspecified atom stereocenters. The largest absolute Gasteiger partial charge is 0.367 e. The summed E-state index contributed by atoms with van der Waals surface area (Å²) >= 11 is 0. The zero-order valence-corrected chi connectivity index (χ0v) is 16.8. The van der Waals surface area contributed by atoms with Crippen molar-refractivity contribution in [1.29, 1.82) is 0 Å². The van der Waals surface area contributed by atoms with Crippen molar-refractivity contribution in [1.82, 2.24) is 9.97 Å². The predicted molar refractivity (Wildman–Crippen MR) is 116 cm³/mol. The van der Waals surface area contributed by atoms with Gasteiger partial charge in [-0.25, -0.2) is 14.4 Å². The maximum atomic E-state index is 13.4. The first-order valence-corrected chi connectivity index (χ1v) is 10.4. The minimum atomic E-state index is -0.226. The standard InChI is InChI=1S/C24H27FN4/c1-17-15-26-24(28-20-9-3-2-4-10-20)14-21(17)22-11-6-12-23(29-22)27-16-18-7-5-8-19(25)13-18/h5-8,11-15,20H,2-4,9-10,16H2,1H3,(H,26,28)(H,27,29). The number of halogens is 1. The molecular formula is C24H27FN4. The second-order valence-electron chi connectivity index (χ2n) is 7.76. The topological polar surface area (TPSA) is 49.8 Å². The van der Waals surface area contributed by atoms with E-state index in [9.17, 15) is 4.39 Å². The molecule has 0 bridgehead atoms. The summed E-state index contributed by atoms with van der Waals surface area (Å²) in [4.78, 5) is 9.34. The molecular weight excluding hydrogens is 363 g/mol. The summed E-state index contributed by atoms with van der Waals surface area (Å²) in [6, 6.07) is 15.2. The summed E-state index contributed by atoms with van der Waals surface area (Å²) in [7, 11) is 0. The van der Waals surface area contributed by atoms with Gasteiger partial charge in [0.25, 0.3) is 0 Å². The van der Waals surface area contributed by atoms with Gasteiger partial charge in [0.2, 0.25) is 0 Å². The van der Waals surface area contributed by atoms with E-state index < -0.39 is 0 Å². The highest BCUT2D eigenvalue weighted by atomic mass is 19.1. The van der Waals surface area contributed by atoms with Crippen LogP contribution in [0.4, 0.5) is 16.0 Å². The Labute approximate surface area is 171 Å². The van der Waals surface area contributed by atoms with Gasteiger partial charge in [-0.3, -0.25) is 0 Å². The highest BCUT2D eigenvalue weighted by Crippen LogP contribution is 2.27. The molecule has 150 valence electrons. The summed E-state index contributed by atoms with van der Waals surface area (Å²) in [5, 5.41) is 6.88. The number of benzene rings is 1. The van der Waals surface area contributed by atoms with Gasteiger partial charge in [-0.2, -0.15) is 0 Å². The lowest BCUT2D eigenvalue weighted by molar-refractivity contribution is 0.462. The fourth-order valence-electron chi connectivity index (χ4n) is 3.86. The number of nitrogens with one attached hydrogen (secondary N) is 2. The van der Waals surface area contributed by atoms with Crippen molar-refractivity contribution in [3.63, 3.8) is 0 Å². The van der Waals surface area contributed by atoms with E-state index in [0.717, 1.165) is 34.0 Å². The number of rotatable bonds is 6. The smallest absolute Gasteiger partial charge is 0.126 e. The summed E-state index contributed by atoms with van der Waals surface area (Å²) in [5.74, 6) is 1.46. The fraction of sp³-hybridized carbons (Fsp3) is 0.333. The maximum Gasteiger partial charge on any atom is 0.126 e. The predicted octanol–water partition coefficient (Wildman–Crippen LogP) is 5.95. The molecule has 0 atom stereocenters. The van der Waals surface area contributed by atoms with Crippen LogP contribution in [0.15, 0.2) is 54.7 Å². The zero-order chi connectivity index (χ0) is 20.1. The SMILES string of the molecule is Cc1cnc(NC2CCCCC2)cc1-c1cccc(NCc2cccc(F)c2)n1. The lowest BCUT2D eigenvalue weighted by Crippen LogP contribution is -2.22. The molecule has 5 heteroatoms. The van der Waals surface area contributed by atoms with Crippen LogP contribution in [0.2, 0.25) is 0 Å². The first-order valence-electron chi connectivity index (χ1n) is 10.4. The number of hydrogen-bond donors (Lipinski definition) is 2. The van der Waals surface area contributed by atoms with E-state index in [0.29, 0.717) is 12.6 Å². The van der Waals surface area contributed by atoms with Gasteiger partial charge in [0.15, 0.2) is 0 Å². The van der Waals surface area contributed by atoms with E-state index >= 15 is 0 Å². The number of aryl methyl sites for hydroxylation is 1. The van der Waals surface area contributed by atoms with Crippen LogP contribution in [0.1, 0.15) is 43.2 Å². The van der Waals surface area contributed by atoms with Gasteiger partial charge in [0.1, 0.15) is 17.5 Å². The molecule has 1 aromatic carbocycles. The Morgan fingerprint density at radius 1 is 1.00 bits per heavy atom. The molecule has 1 fully saturated rings. The lowest BCUT2D eigenvalue weighted by Gasteiger charge is -2.23.